The van der Waals surface area contributed by atoms with Crippen LogP contribution in [0.1, 0.15) is 38.4 Å². The number of rotatable bonds is 4. The number of amides is 1. The van der Waals surface area contributed by atoms with E-state index in [1.165, 1.54) is 4.90 Å². The summed E-state index contributed by atoms with van der Waals surface area (Å²) < 4.78 is 38.5. The zero-order valence-corrected chi connectivity index (χ0v) is 15.7. The number of nitrogens with one attached hydrogen (secondary N) is 1. The number of alkyl halides is 3. The van der Waals surface area contributed by atoms with Crippen molar-refractivity contribution in [1.29, 1.82) is 0 Å². The first kappa shape index (κ1) is 19.0. The fourth-order valence-electron chi connectivity index (χ4n) is 4.24. The molecule has 1 atom stereocenters. The lowest BCUT2D eigenvalue weighted by Crippen LogP contribution is -2.46. The highest BCUT2D eigenvalue weighted by Crippen LogP contribution is 2.55. The molecular formula is C20H23F3N4O. The minimum atomic E-state index is -4.49. The molecule has 2 heterocycles. The molecule has 1 saturated heterocycles. The van der Waals surface area contributed by atoms with Crippen LogP contribution >= 0.6 is 0 Å². The standard InChI is InChI=1S/C20H23F3N4O/c1-13(20(21,22)23)17(28)27-11-7-15(8-12-27)19(9-10-19)18-24-16(25-26-18)14-5-3-2-4-6-14/h2-6,13,15H,7-12H2,1H3,(H,24,25,26)/t13-/m0/s1. The Bertz CT molecular complexity index is 837. The van der Waals surface area contributed by atoms with Gasteiger partial charge in [-0.3, -0.25) is 9.89 Å². The smallest absolute Gasteiger partial charge is 0.342 e. The molecule has 1 saturated carbocycles. The number of carbonyl (C=O) groups excluding carboxylic acids is 1. The molecule has 2 fully saturated rings. The molecule has 1 aromatic carbocycles. The largest absolute Gasteiger partial charge is 0.400 e. The zero-order chi connectivity index (χ0) is 19.9. The maximum atomic E-state index is 12.8. The quantitative estimate of drug-likeness (QED) is 0.857. The third-order valence-corrected chi connectivity index (χ3v) is 6.23. The number of piperidine rings is 1. The van der Waals surface area contributed by atoms with Crippen molar-refractivity contribution in [2.45, 2.75) is 44.2 Å². The Morgan fingerprint density at radius 3 is 2.43 bits per heavy atom. The molecular weight excluding hydrogens is 369 g/mol. The van der Waals surface area contributed by atoms with Crippen LogP contribution in [-0.2, 0) is 10.2 Å². The van der Waals surface area contributed by atoms with E-state index in [1.54, 1.807) is 0 Å². The van der Waals surface area contributed by atoms with Gasteiger partial charge in [-0.05, 0) is 38.5 Å². The first-order valence-corrected chi connectivity index (χ1v) is 9.65. The molecule has 0 radical (unpaired) electrons. The fourth-order valence-corrected chi connectivity index (χ4v) is 4.24. The number of likely N-dealkylation sites (tertiary alicyclic amines) is 1. The molecule has 1 amide bonds. The zero-order valence-electron chi connectivity index (χ0n) is 15.7. The van der Waals surface area contributed by atoms with E-state index in [2.05, 4.69) is 10.2 Å². The van der Waals surface area contributed by atoms with E-state index in [9.17, 15) is 18.0 Å². The van der Waals surface area contributed by atoms with Gasteiger partial charge >= 0.3 is 6.18 Å². The number of carbonyl (C=O) groups is 1. The second kappa shape index (κ2) is 6.90. The lowest BCUT2D eigenvalue weighted by Gasteiger charge is -2.37. The summed E-state index contributed by atoms with van der Waals surface area (Å²) in [4.78, 5) is 18.2. The topological polar surface area (TPSA) is 61.9 Å². The maximum absolute atomic E-state index is 12.8. The van der Waals surface area contributed by atoms with Crippen LogP contribution < -0.4 is 0 Å². The second-order valence-corrected chi connectivity index (χ2v) is 7.89. The number of aromatic nitrogens is 3. The Balaban J connectivity index is 1.43. The molecule has 8 heteroatoms. The van der Waals surface area contributed by atoms with Crippen LogP contribution in [0.3, 0.4) is 0 Å². The fraction of sp³-hybridized carbons (Fsp3) is 0.550. The molecule has 5 nitrogen and oxygen atoms in total. The number of hydrogen-bond donors (Lipinski definition) is 1. The minimum Gasteiger partial charge on any atom is -0.342 e. The number of benzene rings is 1. The predicted octanol–water partition coefficient (Wildman–Crippen LogP) is 3.94. The van der Waals surface area contributed by atoms with Crippen molar-refractivity contribution in [1.82, 2.24) is 20.1 Å². The highest BCUT2D eigenvalue weighted by molar-refractivity contribution is 5.79. The van der Waals surface area contributed by atoms with Crippen molar-refractivity contribution in [2.75, 3.05) is 13.1 Å². The van der Waals surface area contributed by atoms with Crippen LogP contribution in [0.5, 0.6) is 0 Å². The Labute approximate surface area is 161 Å². The Morgan fingerprint density at radius 1 is 1.21 bits per heavy atom. The van der Waals surface area contributed by atoms with E-state index in [1.807, 2.05) is 30.3 Å². The molecule has 28 heavy (non-hydrogen) atoms. The van der Waals surface area contributed by atoms with E-state index in [4.69, 9.17) is 4.98 Å². The molecule has 1 aromatic heterocycles. The number of nitrogens with zero attached hydrogens (tertiary/aromatic N) is 3. The Morgan fingerprint density at radius 2 is 1.86 bits per heavy atom. The van der Waals surface area contributed by atoms with Gasteiger partial charge in [0.2, 0.25) is 5.91 Å². The third-order valence-electron chi connectivity index (χ3n) is 6.23. The SMILES string of the molecule is C[C@@H](C(=O)N1CCC(C2(c3nc(-c4ccccc4)n[nH]3)CC2)CC1)C(F)(F)F. The molecule has 4 rings (SSSR count). The van der Waals surface area contributed by atoms with Crippen LogP contribution in [-0.4, -0.2) is 45.3 Å². The summed E-state index contributed by atoms with van der Waals surface area (Å²) in [6.07, 6.45) is -1.11. The van der Waals surface area contributed by atoms with Gasteiger partial charge in [-0.15, -0.1) is 0 Å². The van der Waals surface area contributed by atoms with Gasteiger partial charge in [0.05, 0.1) is 0 Å². The molecule has 150 valence electrons. The van der Waals surface area contributed by atoms with Crippen molar-refractivity contribution in [3.05, 3.63) is 36.2 Å². The monoisotopic (exact) mass is 392 g/mol. The van der Waals surface area contributed by atoms with Crippen LogP contribution in [0.4, 0.5) is 13.2 Å². The molecule has 1 aliphatic heterocycles. The van der Waals surface area contributed by atoms with Crippen LogP contribution in [0.2, 0.25) is 0 Å². The van der Waals surface area contributed by atoms with Crippen molar-refractivity contribution in [3.8, 4) is 11.4 Å². The lowest BCUT2D eigenvalue weighted by atomic mass is 9.80. The van der Waals surface area contributed by atoms with E-state index >= 15 is 0 Å². The van der Waals surface area contributed by atoms with Gasteiger partial charge in [0.25, 0.3) is 0 Å². The normalized spacial score (nSPS) is 20.8. The second-order valence-electron chi connectivity index (χ2n) is 7.89. The van der Waals surface area contributed by atoms with Gasteiger partial charge in [0.1, 0.15) is 11.7 Å². The summed E-state index contributed by atoms with van der Waals surface area (Å²) in [5.41, 5.74) is 0.868. The lowest BCUT2D eigenvalue weighted by molar-refractivity contribution is -0.186. The third kappa shape index (κ3) is 3.40. The Hall–Kier alpha value is -2.38. The van der Waals surface area contributed by atoms with Gasteiger partial charge in [0.15, 0.2) is 5.82 Å². The van der Waals surface area contributed by atoms with Crippen molar-refractivity contribution < 1.29 is 18.0 Å². The van der Waals surface area contributed by atoms with Gasteiger partial charge in [0, 0.05) is 24.1 Å². The first-order chi connectivity index (χ1) is 13.3. The van der Waals surface area contributed by atoms with Gasteiger partial charge in [-0.1, -0.05) is 30.3 Å². The molecule has 0 spiro atoms. The summed E-state index contributed by atoms with van der Waals surface area (Å²) in [5, 5.41) is 7.44. The van der Waals surface area contributed by atoms with Gasteiger partial charge < -0.3 is 4.90 Å². The summed E-state index contributed by atoms with van der Waals surface area (Å²) in [7, 11) is 0. The van der Waals surface area contributed by atoms with Crippen LogP contribution in [0.15, 0.2) is 30.3 Å². The van der Waals surface area contributed by atoms with E-state index in [0.29, 0.717) is 37.7 Å². The van der Waals surface area contributed by atoms with E-state index < -0.39 is 18.0 Å². The van der Waals surface area contributed by atoms with Crippen molar-refractivity contribution in [3.63, 3.8) is 0 Å². The molecule has 1 N–H and O–H groups in total. The number of H-pyrrole nitrogens is 1. The molecule has 2 aliphatic rings. The Kier molecular flexibility index (Phi) is 4.67. The first-order valence-electron chi connectivity index (χ1n) is 9.65. The summed E-state index contributed by atoms with van der Waals surface area (Å²) >= 11 is 0. The van der Waals surface area contributed by atoms with Crippen molar-refractivity contribution >= 4 is 5.91 Å². The van der Waals surface area contributed by atoms with E-state index in [-0.39, 0.29) is 5.41 Å². The van der Waals surface area contributed by atoms with Crippen LogP contribution in [0.25, 0.3) is 11.4 Å². The summed E-state index contributed by atoms with van der Waals surface area (Å²) in [6, 6.07) is 9.73. The highest BCUT2D eigenvalue weighted by atomic mass is 19.4. The molecule has 0 unspecified atom stereocenters. The number of halogens is 3. The molecule has 2 aromatic rings. The summed E-state index contributed by atoms with van der Waals surface area (Å²) in [6.45, 7) is 1.67. The average Bonchev–Trinajstić information content (AvgIpc) is 3.36. The highest BCUT2D eigenvalue weighted by Gasteiger charge is 2.54. The van der Waals surface area contributed by atoms with Gasteiger partial charge in [-0.25, -0.2) is 4.98 Å². The maximum Gasteiger partial charge on any atom is 0.400 e. The predicted molar refractivity (Wildman–Crippen MR) is 97.3 cm³/mol. The average molecular weight is 392 g/mol. The van der Waals surface area contributed by atoms with Gasteiger partial charge in [-0.2, -0.15) is 18.3 Å². The molecule has 0 bridgehead atoms. The number of hydrogen-bond acceptors (Lipinski definition) is 3. The van der Waals surface area contributed by atoms with Crippen molar-refractivity contribution in [2.24, 2.45) is 11.8 Å². The van der Waals surface area contributed by atoms with E-state index in [0.717, 1.165) is 31.2 Å². The minimum absolute atomic E-state index is 0.0786. The van der Waals surface area contributed by atoms with Crippen LogP contribution in [0, 0.1) is 11.8 Å². The molecule has 1 aliphatic carbocycles. The summed E-state index contributed by atoms with van der Waals surface area (Å²) in [5.74, 6) is -0.939. The number of aromatic amines is 1.